The first-order valence-electron chi connectivity index (χ1n) is 5.54. The summed E-state index contributed by atoms with van der Waals surface area (Å²) in [6, 6.07) is 4.45. The van der Waals surface area contributed by atoms with E-state index in [1.165, 1.54) is 5.56 Å². The Bertz CT molecular complexity index is 264. The van der Waals surface area contributed by atoms with Crippen LogP contribution in [0.2, 0.25) is 0 Å². The predicted octanol–water partition coefficient (Wildman–Crippen LogP) is 1.89. The average Bonchev–Trinajstić information content (AvgIpc) is 2.29. The summed E-state index contributed by atoms with van der Waals surface area (Å²) in [6.07, 6.45) is 5.85. The van der Waals surface area contributed by atoms with Crippen molar-refractivity contribution in [2.75, 3.05) is 6.61 Å². The van der Waals surface area contributed by atoms with E-state index in [1.807, 2.05) is 19.2 Å². The number of aliphatic hydroxyl groups excluding tert-OH is 1. The Morgan fingerprint density at radius 1 is 1.53 bits per heavy atom. The molecule has 2 N–H and O–H groups in total. The van der Waals surface area contributed by atoms with Crippen molar-refractivity contribution in [1.82, 2.24) is 10.3 Å². The van der Waals surface area contributed by atoms with Crippen molar-refractivity contribution in [3.8, 4) is 0 Å². The molecule has 2 atom stereocenters. The fourth-order valence-electron chi connectivity index (χ4n) is 1.61. The molecule has 0 bridgehead atoms. The minimum absolute atomic E-state index is 0.127. The third-order valence-corrected chi connectivity index (χ3v) is 2.42. The average molecular weight is 208 g/mol. The number of hydrogen-bond acceptors (Lipinski definition) is 3. The van der Waals surface area contributed by atoms with Crippen LogP contribution < -0.4 is 5.32 Å². The topological polar surface area (TPSA) is 45.1 Å². The van der Waals surface area contributed by atoms with Gasteiger partial charge < -0.3 is 10.4 Å². The Hall–Kier alpha value is -0.930. The van der Waals surface area contributed by atoms with Crippen LogP contribution in [-0.4, -0.2) is 22.7 Å². The van der Waals surface area contributed by atoms with Crippen molar-refractivity contribution in [1.29, 1.82) is 0 Å². The van der Waals surface area contributed by atoms with E-state index in [-0.39, 0.29) is 12.6 Å². The van der Waals surface area contributed by atoms with Crippen molar-refractivity contribution in [3.63, 3.8) is 0 Å². The van der Waals surface area contributed by atoms with Crippen molar-refractivity contribution in [3.05, 3.63) is 30.1 Å². The molecule has 0 spiro atoms. The lowest BCUT2D eigenvalue weighted by molar-refractivity contribution is 0.238. The third kappa shape index (κ3) is 3.98. The van der Waals surface area contributed by atoms with Gasteiger partial charge in [0.25, 0.3) is 0 Å². The summed E-state index contributed by atoms with van der Waals surface area (Å²) in [6.45, 7) is 4.31. The van der Waals surface area contributed by atoms with Gasteiger partial charge in [-0.05, 0) is 25.0 Å². The lowest BCUT2D eigenvalue weighted by Crippen LogP contribution is -2.33. The van der Waals surface area contributed by atoms with Crippen molar-refractivity contribution >= 4 is 0 Å². The Morgan fingerprint density at radius 3 is 2.87 bits per heavy atom. The minimum Gasteiger partial charge on any atom is -0.395 e. The van der Waals surface area contributed by atoms with Gasteiger partial charge in [0.1, 0.15) is 0 Å². The number of nitrogens with zero attached hydrogens (tertiary/aromatic N) is 1. The summed E-state index contributed by atoms with van der Waals surface area (Å²) < 4.78 is 0. The summed E-state index contributed by atoms with van der Waals surface area (Å²) in [4.78, 5) is 4.12. The standard InChI is InChI=1S/C12H20N2O/c1-3-5-12(14-10(2)9-15)11-6-4-7-13-8-11/h4,6-8,10,12,14-15H,3,5,9H2,1-2H3. The molecule has 0 fully saturated rings. The number of rotatable bonds is 6. The summed E-state index contributed by atoms with van der Waals surface area (Å²) in [7, 11) is 0. The Labute approximate surface area is 91.5 Å². The van der Waals surface area contributed by atoms with E-state index in [0.29, 0.717) is 6.04 Å². The predicted molar refractivity (Wildman–Crippen MR) is 61.6 cm³/mol. The van der Waals surface area contributed by atoms with Gasteiger partial charge in [-0.15, -0.1) is 0 Å². The van der Waals surface area contributed by atoms with Gasteiger partial charge in [0.2, 0.25) is 0 Å². The van der Waals surface area contributed by atoms with Gasteiger partial charge in [-0.25, -0.2) is 0 Å². The molecule has 0 amide bonds. The van der Waals surface area contributed by atoms with Gasteiger partial charge in [-0.3, -0.25) is 4.98 Å². The van der Waals surface area contributed by atoms with Gasteiger partial charge >= 0.3 is 0 Å². The summed E-state index contributed by atoms with van der Waals surface area (Å²) >= 11 is 0. The fraction of sp³-hybridized carbons (Fsp3) is 0.583. The molecule has 1 aromatic heterocycles. The molecule has 2 unspecified atom stereocenters. The molecule has 3 heteroatoms. The molecule has 0 aliphatic carbocycles. The van der Waals surface area contributed by atoms with Crippen LogP contribution in [0.15, 0.2) is 24.5 Å². The second kappa shape index (κ2) is 6.53. The number of pyridine rings is 1. The van der Waals surface area contributed by atoms with Crippen LogP contribution in [0.5, 0.6) is 0 Å². The number of nitrogens with one attached hydrogen (secondary N) is 1. The normalized spacial score (nSPS) is 14.9. The van der Waals surface area contributed by atoms with Gasteiger partial charge in [-0.1, -0.05) is 19.4 Å². The first-order chi connectivity index (χ1) is 7.27. The lowest BCUT2D eigenvalue weighted by atomic mass is 10.0. The molecule has 1 heterocycles. The maximum Gasteiger partial charge on any atom is 0.0582 e. The largest absolute Gasteiger partial charge is 0.395 e. The van der Waals surface area contributed by atoms with Crippen LogP contribution in [0, 0.1) is 0 Å². The molecule has 0 aliphatic rings. The molecule has 0 aromatic carbocycles. The highest BCUT2D eigenvalue weighted by Crippen LogP contribution is 2.17. The van der Waals surface area contributed by atoms with Gasteiger partial charge in [0.05, 0.1) is 6.61 Å². The van der Waals surface area contributed by atoms with E-state index in [2.05, 4.69) is 23.3 Å². The Morgan fingerprint density at radius 2 is 2.33 bits per heavy atom. The summed E-state index contributed by atoms with van der Waals surface area (Å²) in [5.41, 5.74) is 1.19. The van der Waals surface area contributed by atoms with Gasteiger partial charge in [0.15, 0.2) is 0 Å². The first kappa shape index (κ1) is 12.1. The summed E-state index contributed by atoms with van der Waals surface area (Å²) in [5.74, 6) is 0. The molecular weight excluding hydrogens is 188 g/mol. The van der Waals surface area contributed by atoms with E-state index in [1.54, 1.807) is 6.20 Å². The van der Waals surface area contributed by atoms with E-state index in [0.717, 1.165) is 12.8 Å². The highest BCUT2D eigenvalue weighted by Gasteiger charge is 2.12. The maximum atomic E-state index is 9.02. The minimum atomic E-state index is 0.127. The second-order valence-electron chi connectivity index (χ2n) is 3.88. The summed E-state index contributed by atoms with van der Waals surface area (Å²) in [5, 5.41) is 12.4. The zero-order chi connectivity index (χ0) is 11.1. The van der Waals surface area contributed by atoms with Crippen LogP contribution in [0.1, 0.15) is 38.3 Å². The molecule has 0 saturated carbocycles. The van der Waals surface area contributed by atoms with Crippen LogP contribution >= 0.6 is 0 Å². The highest BCUT2D eigenvalue weighted by molar-refractivity contribution is 5.13. The monoisotopic (exact) mass is 208 g/mol. The van der Waals surface area contributed by atoms with E-state index >= 15 is 0 Å². The molecule has 0 aliphatic heterocycles. The van der Waals surface area contributed by atoms with Crippen LogP contribution in [0.25, 0.3) is 0 Å². The zero-order valence-electron chi connectivity index (χ0n) is 9.48. The smallest absolute Gasteiger partial charge is 0.0582 e. The van der Waals surface area contributed by atoms with Crippen molar-refractivity contribution < 1.29 is 5.11 Å². The van der Waals surface area contributed by atoms with Gasteiger partial charge in [0, 0.05) is 24.5 Å². The molecular formula is C12H20N2O. The molecule has 1 rings (SSSR count). The molecule has 0 radical (unpaired) electrons. The number of hydrogen-bond donors (Lipinski definition) is 2. The van der Waals surface area contributed by atoms with Crippen molar-refractivity contribution in [2.24, 2.45) is 0 Å². The highest BCUT2D eigenvalue weighted by atomic mass is 16.3. The van der Waals surface area contributed by atoms with E-state index in [4.69, 9.17) is 5.11 Å². The third-order valence-electron chi connectivity index (χ3n) is 2.42. The van der Waals surface area contributed by atoms with E-state index in [9.17, 15) is 0 Å². The van der Waals surface area contributed by atoms with E-state index < -0.39 is 0 Å². The van der Waals surface area contributed by atoms with Crippen LogP contribution in [-0.2, 0) is 0 Å². The SMILES string of the molecule is CCCC(NC(C)CO)c1cccnc1. The first-order valence-corrected chi connectivity index (χ1v) is 5.54. The zero-order valence-corrected chi connectivity index (χ0v) is 9.48. The van der Waals surface area contributed by atoms with Crippen LogP contribution in [0.3, 0.4) is 0 Å². The molecule has 84 valence electrons. The Balaban J connectivity index is 2.65. The lowest BCUT2D eigenvalue weighted by Gasteiger charge is -2.21. The van der Waals surface area contributed by atoms with Crippen molar-refractivity contribution in [2.45, 2.75) is 38.8 Å². The molecule has 15 heavy (non-hydrogen) atoms. The fourth-order valence-corrected chi connectivity index (χ4v) is 1.61. The van der Waals surface area contributed by atoms with Crippen LogP contribution in [0.4, 0.5) is 0 Å². The molecule has 3 nitrogen and oxygen atoms in total. The maximum absolute atomic E-state index is 9.02. The Kier molecular flexibility index (Phi) is 5.29. The quantitative estimate of drug-likeness (QED) is 0.750. The number of aliphatic hydroxyl groups is 1. The van der Waals surface area contributed by atoms with Gasteiger partial charge in [-0.2, -0.15) is 0 Å². The second-order valence-corrected chi connectivity index (χ2v) is 3.88. The number of aromatic nitrogens is 1. The molecule has 1 aromatic rings. The molecule has 0 saturated heterocycles.